The molecule has 10 heteroatoms. The lowest BCUT2D eigenvalue weighted by atomic mass is 9.94. The van der Waals surface area contributed by atoms with E-state index in [-0.39, 0.29) is 22.8 Å². The van der Waals surface area contributed by atoms with Gasteiger partial charge in [0.2, 0.25) is 0 Å². The number of pyridine rings is 1. The molecule has 0 spiro atoms. The summed E-state index contributed by atoms with van der Waals surface area (Å²) in [5.41, 5.74) is 2.29. The van der Waals surface area contributed by atoms with Crippen LogP contribution < -0.4 is 5.32 Å². The number of thioether (sulfide) groups is 1. The molecule has 0 unspecified atom stereocenters. The number of halogens is 1. The Kier molecular flexibility index (Phi) is 7.95. The Balaban J connectivity index is 1.81. The highest BCUT2D eigenvalue weighted by Gasteiger charge is 2.39. The molecule has 1 aromatic heterocycles. The number of nitrogens with one attached hydrogen (secondary N) is 1. The van der Waals surface area contributed by atoms with E-state index in [1.165, 1.54) is 0 Å². The Bertz CT molecular complexity index is 1310. The van der Waals surface area contributed by atoms with Crippen LogP contribution >= 0.6 is 23.4 Å². The van der Waals surface area contributed by atoms with E-state index in [9.17, 15) is 25.4 Å². The summed E-state index contributed by atoms with van der Waals surface area (Å²) in [5, 5.41) is 44.0. The molecule has 1 saturated heterocycles. The molecular weight excluding hydrogens is 502 g/mol. The molecule has 8 nitrogen and oxygen atoms in total. The van der Waals surface area contributed by atoms with E-state index in [0.29, 0.717) is 27.5 Å². The van der Waals surface area contributed by atoms with Crippen molar-refractivity contribution < 1.29 is 24.9 Å². The van der Waals surface area contributed by atoms with Crippen molar-refractivity contribution in [3.05, 3.63) is 75.9 Å². The minimum Gasteiger partial charge on any atom is -0.388 e. The Morgan fingerprint density at radius 3 is 2.42 bits per heavy atom. The van der Waals surface area contributed by atoms with Crippen LogP contribution in [-0.4, -0.2) is 56.6 Å². The fourth-order valence-electron chi connectivity index (χ4n) is 3.87. The lowest BCUT2D eigenvalue weighted by Gasteiger charge is -2.34. The fraction of sp³-hybridized carbons (Fsp3) is 0.269. The van der Waals surface area contributed by atoms with Gasteiger partial charge < -0.3 is 25.4 Å². The van der Waals surface area contributed by atoms with Gasteiger partial charge in [-0.3, -0.25) is 4.79 Å². The zero-order valence-corrected chi connectivity index (χ0v) is 21.0. The summed E-state index contributed by atoms with van der Waals surface area (Å²) in [6, 6.07) is 16.2. The second-order valence-corrected chi connectivity index (χ2v) is 9.96. The molecule has 3 aromatic rings. The number of anilines is 1. The first-order chi connectivity index (χ1) is 17.2. The van der Waals surface area contributed by atoms with Gasteiger partial charge in [-0.1, -0.05) is 53.2 Å². The molecule has 1 amide bonds. The molecule has 4 N–H and O–H groups in total. The standard InChI is InChI=1S/C26H24ClN3O5S/c1-13-3-9-17(10-4-13)30-24(34)20-14(2)29-25(36-26-23(33)22(32)19(31)12-35-26)18(11-28)21(20)15-5-7-16(27)8-6-15/h3-10,19,22-23,26,31-33H,12H2,1-2H3,(H,30,34)/t19-,22-,23+,26-/m0/s1. The number of nitriles is 1. The van der Waals surface area contributed by atoms with E-state index >= 15 is 0 Å². The number of aromatic nitrogens is 1. The number of aliphatic hydroxyl groups is 3. The van der Waals surface area contributed by atoms with Gasteiger partial charge in [-0.2, -0.15) is 5.26 Å². The monoisotopic (exact) mass is 525 g/mol. The largest absolute Gasteiger partial charge is 0.388 e. The third kappa shape index (κ3) is 5.39. The highest BCUT2D eigenvalue weighted by Crippen LogP contribution is 2.39. The van der Waals surface area contributed by atoms with E-state index in [0.717, 1.165) is 17.3 Å². The van der Waals surface area contributed by atoms with Crippen molar-refractivity contribution in [2.45, 2.75) is 42.6 Å². The highest BCUT2D eigenvalue weighted by atomic mass is 35.5. The molecule has 2 heterocycles. The fourth-order valence-corrected chi connectivity index (χ4v) is 5.12. The van der Waals surface area contributed by atoms with Crippen LogP contribution in [0.5, 0.6) is 0 Å². The first kappa shape index (κ1) is 26.1. The van der Waals surface area contributed by atoms with E-state index in [2.05, 4.69) is 16.4 Å². The number of hydrogen-bond donors (Lipinski definition) is 4. The molecule has 0 bridgehead atoms. The third-order valence-electron chi connectivity index (χ3n) is 5.81. The Hall–Kier alpha value is -2.97. The van der Waals surface area contributed by atoms with Crippen molar-refractivity contribution in [2.24, 2.45) is 0 Å². The van der Waals surface area contributed by atoms with Gasteiger partial charge >= 0.3 is 0 Å². The van der Waals surface area contributed by atoms with E-state index < -0.39 is 29.7 Å². The lowest BCUT2D eigenvalue weighted by Crippen LogP contribution is -2.51. The van der Waals surface area contributed by atoms with Crippen LogP contribution in [0.25, 0.3) is 11.1 Å². The maximum Gasteiger partial charge on any atom is 0.258 e. The van der Waals surface area contributed by atoms with Gasteiger partial charge in [0.25, 0.3) is 5.91 Å². The summed E-state index contributed by atoms with van der Waals surface area (Å²) in [4.78, 5) is 18.0. The predicted molar refractivity (Wildman–Crippen MR) is 137 cm³/mol. The Morgan fingerprint density at radius 1 is 1.11 bits per heavy atom. The summed E-state index contributed by atoms with van der Waals surface area (Å²) < 4.78 is 5.50. The maximum absolute atomic E-state index is 13.5. The normalized spacial score (nSPS) is 21.6. The van der Waals surface area contributed by atoms with Gasteiger partial charge in [-0.05, 0) is 43.7 Å². The summed E-state index contributed by atoms with van der Waals surface area (Å²) in [6.45, 7) is 3.42. The molecule has 186 valence electrons. The number of amides is 1. The topological polar surface area (TPSA) is 136 Å². The first-order valence-electron chi connectivity index (χ1n) is 11.1. The molecule has 0 aliphatic carbocycles. The molecular formula is C26H24ClN3O5S. The second-order valence-electron chi connectivity index (χ2n) is 8.43. The van der Waals surface area contributed by atoms with Crippen LogP contribution in [0.15, 0.2) is 53.6 Å². The van der Waals surface area contributed by atoms with Crippen LogP contribution in [0.2, 0.25) is 5.02 Å². The van der Waals surface area contributed by atoms with E-state index in [1.807, 2.05) is 19.1 Å². The van der Waals surface area contributed by atoms with Gasteiger partial charge in [0.05, 0.1) is 23.4 Å². The van der Waals surface area contributed by atoms with Crippen LogP contribution in [-0.2, 0) is 4.74 Å². The molecule has 1 aliphatic rings. The van der Waals surface area contributed by atoms with Crippen molar-refractivity contribution in [3.63, 3.8) is 0 Å². The summed E-state index contributed by atoms with van der Waals surface area (Å²) in [7, 11) is 0. The van der Waals surface area contributed by atoms with Gasteiger partial charge in [0.1, 0.15) is 34.8 Å². The average Bonchev–Trinajstić information content (AvgIpc) is 2.86. The van der Waals surface area contributed by atoms with Gasteiger partial charge in [-0.25, -0.2) is 4.98 Å². The molecule has 0 radical (unpaired) electrons. The van der Waals surface area contributed by atoms with Crippen LogP contribution in [0.4, 0.5) is 5.69 Å². The minimum atomic E-state index is -1.41. The number of benzene rings is 2. The van der Waals surface area contributed by atoms with Crippen LogP contribution in [0, 0.1) is 25.2 Å². The number of nitrogens with zero attached hydrogens (tertiary/aromatic N) is 2. The maximum atomic E-state index is 13.5. The molecule has 4 atom stereocenters. The van der Waals surface area contributed by atoms with E-state index in [1.54, 1.807) is 43.3 Å². The lowest BCUT2D eigenvalue weighted by molar-refractivity contribution is -0.161. The second kappa shape index (κ2) is 11.0. The smallest absolute Gasteiger partial charge is 0.258 e. The van der Waals surface area contributed by atoms with Gasteiger partial charge in [0.15, 0.2) is 0 Å². The minimum absolute atomic E-state index is 0.110. The number of aliphatic hydroxyl groups excluding tert-OH is 3. The summed E-state index contributed by atoms with van der Waals surface area (Å²) >= 11 is 7.03. The summed E-state index contributed by atoms with van der Waals surface area (Å²) in [5.74, 6) is -0.436. The first-order valence-corrected chi connectivity index (χ1v) is 12.4. The molecule has 1 fully saturated rings. The summed E-state index contributed by atoms with van der Waals surface area (Å²) in [6.07, 6.45) is -4.03. The quantitative estimate of drug-likeness (QED) is 0.396. The van der Waals surface area contributed by atoms with Crippen LogP contribution in [0.3, 0.4) is 0 Å². The highest BCUT2D eigenvalue weighted by molar-refractivity contribution is 7.99. The Labute approximate surface area is 217 Å². The number of hydrogen-bond acceptors (Lipinski definition) is 8. The van der Waals surface area contributed by atoms with Gasteiger partial charge in [-0.15, -0.1) is 0 Å². The number of ether oxygens (including phenoxy) is 1. The van der Waals surface area contributed by atoms with Crippen molar-refractivity contribution >= 4 is 35.0 Å². The van der Waals surface area contributed by atoms with Crippen molar-refractivity contribution in [3.8, 4) is 17.2 Å². The van der Waals surface area contributed by atoms with Crippen molar-refractivity contribution in [1.29, 1.82) is 5.26 Å². The zero-order chi connectivity index (χ0) is 26.0. The Morgan fingerprint density at radius 2 is 1.78 bits per heavy atom. The number of carbonyl (C=O) groups is 1. The van der Waals surface area contributed by atoms with Crippen molar-refractivity contribution in [2.75, 3.05) is 11.9 Å². The molecule has 1 aliphatic heterocycles. The van der Waals surface area contributed by atoms with Gasteiger partial charge in [0, 0.05) is 16.3 Å². The molecule has 0 saturated carbocycles. The average molecular weight is 526 g/mol. The molecule has 36 heavy (non-hydrogen) atoms. The predicted octanol–water partition coefficient (Wildman–Crippen LogP) is 3.67. The zero-order valence-electron chi connectivity index (χ0n) is 19.5. The number of carbonyl (C=O) groups excluding carboxylic acids is 1. The SMILES string of the molecule is Cc1ccc(NC(=O)c2c(C)nc(S[C@@H]3OC[C@H](O)[C@H](O)[C@H]3O)c(C#N)c2-c2ccc(Cl)cc2)cc1. The third-order valence-corrected chi connectivity index (χ3v) is 7.23. The van der Waals surface area contributed by atoms with E-state index in [4.69, 9.17) is 16.3 Å². The number of aryl methyl sites for hydroxylation is 2. The molecule has 4 rings (SSSR count). The van der Waals surface area contributed by atoms with Crippen molar-refractivity contribution in [1.82, 2.24) is 4.98 Å². The van der Waals surface area contributed by atoms with Crippen LogP contribution in [0.1, 0.15) is 27.2 Å². The molecule has 2 aromatic carbocycles. The number of rotatable bonds is 5.